The van der Waals surface area contributed by atoms with Crippen LogP contribution in [0.5, 0.6) is 0 Å². The molecule has 3 nitrogen and oxygen atoms in total. The Labute approximate surface area is 91.9 Å². The summed E-state index contributed by atoms with van der Waals surface area (Å²) in [5.41, 5.74) is 2.15. The van der Waals surface area contributed by atoms with Crippen LogP contribution in [0.25, 0.3) is 0 Å². The molecule has 3 heteroatoms. The summed E-state index contributed by atoms with van der Waals surface area (Å²) in [6, 6.07) is 6.50. The topological polar surface area (TPSA) is 34.1 Å². The van der Waals surface area contributed by atoms with E-state index in [9.17, 15) is 0 Å². The first kappa shape index (κ1) is 12.1. The van der Waals surface area contributed by atoms with E-state index in [1.807, 2.05) is 25.1 Å². The largest absolute Gasteiger partial charge is 0.383 e. The van der Waals surface area contributed by atoms with E-state index >= 15 is 0 Å². The van der Waals surface area contributed by atoms with E-state index in [1.165, 1.54) is 0 Å². The van der Waals surface area contributed by atoms with Crippen LogP contribution < -0.4 is 5.32 Å². The van der Waals surface area contributed by atoms with E-state index in [1.54, 1.807) is 7.11 Å². The molecule has 1 heterocycles. The summed E-state index contributed by atoms with van der Waals surface area (Å²) in [4.78, 5) is 4.44. The van der Waals surface area contributed by atoms with Crippen LogP contribution in [0.15, 0.2) is 18.2 Å². The second-order valence-corrected chi connectivity index (χ2v) is 3.71. The van der Waals surface area contributed by atoms with Crippen molar-refractivity contribution < 1.29 is 4.74 Å². The summed E-state index contributed by atoms with van der Waals surface area (Å²) in [5.74, 6) is 0. The van der Waals surface area contributed by atoms with Crippen molar-refractivity contribution >= 4 is 0 Å². The average Bonchev–Trinajstić information content (AvgIpc) is 2.24. The first-order chi connectivity index (χ1) is 7.26. The van der Waals surface area contributed by atoms with E-state index in [-0.39, 0.29) is 0 Å². The van der Waals surface area contributed by atoms with Gasteiger partial charge in [0.2, 0.25) is 0 Å². The molecule has 1 rings (SSSR count). The van der Waals surface area contributed by atoms with Gasteiger partial charge in [-0.3, -0.25) is 4.98 Å². The molecule has 15 heavy (non-hydrogen) atoms. The smallest absolute Gasteiger partial charge is 0.0615 e. The number of aryl methyl sites for hydroxylation is 1. The predicted molar refractivity (Wildman–Crippen MR) is 61.8 cm³/mol. The molecule has 84 valence electrons. The number of nitrogens with zero attached hydrogens (tertiary/aromatic N) is 1. The quantitative estimate of drug-likeness (QED) is 0.775. The average molecular weight is 208 g/mol. The number of rotatable bonds is 6. The number of methoxy groups -OCH3 is 1. The number of hydrogen-bond donors (Lipinski definition) is 1. The van der Waals surface area contributed by atoms with Gasteiger partial charge in [0, 0.05) is 25.4 Å². The minimum absolute atomic E-state index is 0.414. The van der Waals surface area contributed by atoms with Gasteiger partial charge >= 0.3 is 0 Å². The van der Waals surface area contributed by atoms with Crippen LogP contribution in [-0.4, -0.2) is 24.7 Å². The molecule has 1 aromatic rings. The molecule has 0 saturated heterocycles. The van der Waals surface area contributed by atoms with Gasteiger partial charge in [0.15, 0.2) is 0 Å². The highest BCUT2D eigenvalue weighted by atomic mass is 16.5. The Bertz CT molecular complexity index is 289. The zero-order chi connectivity index (χ0) is 11.1. The Hall–Kier alpha value is -0.930. The molecule has 1 aromatic heterocycles. The second kappa shape index (κ2) is 6.53. The maximum absolute atomic E-state index is 5.12. The van der Waals surface area contributed by atoms with Crippen LogP contribution in [-0.2, 0) is 11.3 Å². The Balaban J connectivity index is 2.41. The van der Waals surface area contributed by atoms with Gasteiger partial charge in [-0.2, -0.15) is 0 Å². The third-order valence-corrected chi connectivity index (χ3v) is 2.38. The lowest BCUT2D eigenvalue weighted by Crippen LogP contribution is -2.32. The minimum atomic E-state index is 0.414. The van der Waals surface area contributed by atoms with Crippen LogP contribution in [0.2, 0.25) is 0 Å². The van der Waals surface area contributed by atoms with Gasteiger partial charge in [0.25, 0.3) is 0 Å². The summed E-state index contributed by atoms with van der Waals surface area (Å²) in [6.45, 7) is 5.72. The maximum Gasteiger partial charge on any atom is 0.0615 e. The molecule has 0 spiro atoms. The summed E-state index contributed by atoms with van der Waals surface area (Å²) in [7, 11) is 1.73. The third kappa shape index (κ3) is 4.40. The minimum Gasteiger partial charge on any atom is -0.383 e. The van der Waals surface area contributed by atoms with Gasteiger partial charge in [-0.05, 0) is 25.5 Å². The number of pyridine rings is 1. The van der Waals surface area contributed by atoms with Gasteiger partial charge in [-0.25, -0.2) is 0 Å². The van der Waals surface area contributed by atoms with Crippen LogP contribution in [0.3, 0.4) is 0 Å². The third-order valence-electron chi connectivity index (χ3n) is 2.38. The van der Waals surface area contributed by atoms with Gasteiger partial charge < -0.3 is 10.1 Å². The van der Waals surface area contributed by atoms with Crippen LogP contribution >= 0.6 is 0 Å². The van der Waals surface area contributed by atoms with Crippen molar-refractivity contribution in [3.8, 4) is 0 Å². The van der Waals surface area contributed by atoms with Gasteiger partial charge in [-0.15, -0.1) is 0 Å². The fraction of sp³-hybridized carbons (Fsp3) is 0.583. The first-order valence-electron chi connectivity index (χ1n) is 5.41. The molecule has 0 bridgehead atoms. The van der Waals surface area contributed by atoms with Crippen molar-refractivity contribution in [2.24, 2.45) is 0 Å². The Kier molecular flexibility index (Phi) is 5.29. The Morgan fingerprint density at radius 1 is 1.47 bits per heavy atom. The summed E-state index contributed by atoms with van der Waals surface area (Å²) < 4.78 is 5.12. The highest BCUT2D eigenvalue weighted by Gasteiger charge is 2.04. The van der Waals surface area contributed by atoms with Gasteiger partial charge in [0.1, 0.15) is 0 Å². The number of nitrogens with one attached hydrogen (secondary N) is 1. The van der Waals surface area contributed by atoms with E-state index in [0.717, 1.165) is 31.0 Å². The lowest BCUT2D eigenvalue weighted by molar-refractivity contribution is 0.163. The molecular formula is C12H20N2O. The van der Waals surface area contributed by atoms with Crippen molar-refractivity contribution in [3.05, 3.63) is 29.6 Å². The highest BCUT2D eigenvalue weighted by molar-refractivity contribution is 5.09. The second-order valence-electron chi connectivity index (χ2n) is 3.71. The van der Waals surface area contributed by atoms with E-state index in [2.05, 4.69) is 17.2 Å². The van der Waals surface area contributed by atoms with Crippen LogP contribution in [0.1, 0.15) is 24.7 Å². The normalized spacial score (nSPS) is 12.7. The molecule has 1 atom stereocenters. The molecule has 0 aliphatic rings. The van der Waals surface area contributed by atoms with Gasteiger partial charge in [0.05, 0.1) is 12.3 Å². The highest BCUT2D eigenvalue weighted by Crippen LogP contribution is 1.99. The fourth-order valence-corrected chi connectivity index (χ4v) is 1.47. The monoisotopic (exact) mass is 208 g/mol. The maximum atomic E-state index is 5.12. The summed E-state index contributed by atoms with van der Waals surface area (Å²) in [5, 5.41) is 3.43. The predicted octanol–water partition coefficient (Wildman–Crippen LogP) is 1.90. The lowest BCUT2D eigenvalue weighted by Gasteiger charge is -2.15. The zero-order valence-corrected chi connectivity index (χ0v) is 9.79. The molecule has 0 aliphatic carbocycles. The molecule has 0 saturated carbocycles. The van der Waals surface area contributed by atoms with E-state index in [4.69, 9.17) is 4.74 Å². The summed E-state index contributed by atoms with van der Waals surface area (Å²) >= 11 is 0. The number of hydrogen-bond acceptors (Lipinski definition) is 3. The zero-order valence-electron chi connectivity index (χ0n) is 9.79. The molecule has 1 unspecified atom stereocenters. The fourth-order valence-electron chi connectivity index (χ4n) is 1.47. The molecule has 1 N–H and O–H groups in total. The van der Waals surface area contributed by atoms with E-state index in [0.29, 0.717) is 6.04 Å². The lowest BCUT2D eigenvalue weighted by atomic mass is 10.2. The Morgan fingerprint density at radius 2 is 2.27 bits per heavy atom. The van der Waals surface area contributed by atoms with Crippen molar-refractivity contribution in [1.82, 2.24) is 10.3 Å². The number of aromatic nitrogens is 1. The van der Waals surface area contributed by atoms with Crippen LogP contribution in [0, 0.1) is 6.92 Å². The van der Waals surface area contributed by atoms with Crippen molar-refractivity contribution in [2.75, 3.05) is 13.7 Å². The summed E-state index contributed by atoms with van der Waals surface area (Å²) in [6.07, 6.45) is 1.07. The molecule has 0 aliphatic heterocycles. The first-order valence-corrected chi connectivity index (χ1v) is 5.41. The molecule has 0 fully saturated rings. The molecule has 0 amide bonds. The van der Waals surface area contributed by atoms with Crippen molar-refractivity contribution in [2.45, 2.75) is 32.9 Å². The van der Waals surface area contributed by atoms with Gasteiger partial charge in [-0.1, -0.05) is 13.0 Å². The van der Waals surface area contributed by atoms with E-state index < -0.39 is 0 Å². The Morgan fingerprint density at radius 3 is 2.87 bits per heavy atom. The standard InChI is InChI=1S/C12H20N2O/c1-4-11(9-15-3)13-8-12-7-5-6-10(2)14-12/h5-7,11,13H,4,8-9H2,1-3H3. The molecule has 0 radical (unpaired) electrons. The SMILES string of the molecule is CCC(COC)NCc1cccc(C)n1. The van der Waals surface area contributed by atoms with Crippen molar-refractivity contribution in [1.29, 1.82) is 0 Å². The number of ether oxygens (including phenoxy) is 1. The van der Waals surface area contributed by atoms with Crippen molar-refractivity contribution in [3.63, 3.8) is 0 Å². The molecule has 0 aromatic carbocycles. The molecular weight excluding hydrogens is 188 g/mol. The van der Waals surface area contributed by atoms with Crippen LogP contribution in [0.4, 0.5) is 0 Å².